The zero-order chi connectivity index (χ0) is 18.2. The van der Waals surface area contributed by atoms with Crippen LogP contribution >= 0.6 is 0 Å². The van der Waals surface area contributed by atoms with Crippen molar-refractivity contribution in [3.63, 3.8) is 0 Å². The molecular weight excluding hydrogens is 316 g/mol. The summed E-state index contributed by atoms with van der Waals surface area (Å²) in [6.07, 6.45) is 17.3. The van der Waals surface area contributed by atoms with Gasteiger partial charge in [0.2, 0.25) is 0 Å². The van der Waals surface area contributed by atoms with Gasteiger partial charge in [0.05, 0.1) is 10.9 Å². The maximum atomic E-state index is 8.55. The summed E-state index contributed by atoms with van der Waals surface area (Å²) in [7, 11) is 0. The predicted molar refractivity (Wildman–Crippen MR) is 112 cm³/mol. The Hall–Kier alpha value is -1.57. The number of nitrogens with one attached hydrogen (secondary N) is 1. The van der Waals surface area contributed by atoms with Crippen LogP contribution in [0.4, 0.5) is 0 Å². The average molecular weight is 353 g/mol. The number of hydrogen-bond acceptors (Lipinski definition) is 1. The van der Waals surface area contributed by atoms with E-state index in [1.807, 2.05) is 0 Å². The Morgan fingerprint density at radius 2 is 1.50 bits per heavy atom. The smallest absolute Gasteiger partial charge is 0.0682 e. The minimum absolute atomic E-state index is 0.785. The summed E-state index contributed by atoms with van der Waals surface area (Å²) < 4.78 is 2.54. The summed E-state index contributed by atoms with van der Waals surface area (Å²) in [5.41, 5.74) is 4.04. The van der Waals surface area contributed by atoms with Gasteiger partial charge in [-0.15, -0.1) is 0 Å². The Morgan fingerprint density at radius 1 is 0.846 bits per heavy atom. The van der Waals surface area contributed by atoms with E-state index < -0.39 is 0 Å². The third-order valence-electron chi connectivity index (χ3n) is 6.02. The van der Waals surface area contributed by atoms with Crippen LogP contribution in [-0.2, 0) is 19.4 Å². The van der Waals surface area contributed by atoms with Gasteiger partial charge < -0.3 is 4.57 Å². The molecule has 0 fully saturated rings. The van der Waals surface area contributed by atoms with Crippen LogP contribution in [0.15, 0.2) is 24.3 Å². The lowest BCUT2D eigenvalue weighted by molar-refractivity contribution is 0.533. The molecule has 0 aliphatic heterocycles. The molecule has 0 atom stereocenters. The van der Waals surface area contributed by atoms with Crippen LogP contribution in [0.5, 0.6) is 0 Å². The number of fused-ring (bicyclic) bond motifs is 2. The van der Waals surface area contributed by atoms with Gasteiger partial charge in [0, 0.05) is 17.6 Å². The zero-order valence-electron chi connectivity index (χ0n) is 16.7. The van der Waals surface area contributed by atoms with Crippen molar-refractivity contribution in [2.24, 2.45) is 0 Å². The summed E-state index contributed by atoms with van der Waals surface area (Å²) in [4.78, 5) is 0. The van der Waals surface area contributed by atoms with E-state index in [0.29, 0.717) is 0 Å². The van der Waals surface area contributed by atoms with Crippen LogP contribution < -0.4 is 5.36 Å². The van der Waals surface area contributed by atoms with Gasteiger partial charge in [-0.2, -0.15) is 0 Å². The molecule has 0 bridgehead atoms. The quantitative estimate of drug-likeness (QED) is 0.445. The highest BCUT2D eigenvalue weighted by Crippen LogP contribution is 2.24. The molecule has 0 radical (unpaired) electrons. The first-order chi connectivity index (χ1) is 12.8. The van der Waals surface area contributed by atoms with Crippen molar-refractivity contribution in [2.45, 2.75) is 96.9 Å². The van der Waals surface area contributed by atoms with Gasteiger partial charge in [-0.05, 0) is 37.3 Å². The van der Waals surface area contributed by atoms with E-state index in [0.717, 1.165) is 30.1 Å². The topological polar surface area (TPSA) is 28.8 Å². The average Bonchev–Trinajstić information content (AvgIpc) is 3.15. The van der Waals surface area contributed by atoms with Crippen molar-refractivity contribution >= 4 is 10.9 Å². The first kappa shape index (κ1) is 19.2. The van der Waals surface area contributed by atoms with E-state index in [4.69, 9.17) is 5.41 Å². The van der Waals surface area contributed by atoms with Gasteiger partial charge in [0.1, 0.15) is 0 Å². The highest BCUT2D eigenvalue weighted by molar-refractivity contribution is 5.80. The summed E-state index contributed by atoms with van der Waals surface area (Å²) in [6.45, 7) is 3.41. The van der Waals surface area contributed by atoms with Crippen molar-refractivity contribution < 1.29 is 0 Å². The van der Waals surface area contributed by atoms with Crippen molar-refractivity contribution in [3.05, 3.63) is 40.9 Å². The lowest BCUT2D eigenvalue weighted by Gasteiger charge is -2.17. The molecular formula is C24H36N2. The largest absolute Gasteiger partial charge is 0.344 e. The van der Waals surface area contributed by atoms with Crippen LogP contribution in [-0.4, -0.2) is 4.57 Å². The van der Waals surface area contributed by atoms with Gasteiger partial charge >= 0.3 is 0 Å². The Labute approximate surface area is 159 Å². The standard InChI is InChI=1S/C24H36N2/c1-2-3-4-5-6-7-8-9-10-13-19-26-22-17-12-11-15-20(22)24(25)21-16-14-18-23(21)26/h11-12,15,17,25H,2-10,13-14,16,18-19H2,1H3. The second-order valence-corrected chi connectivity index (χ2v) is 8.00. The fraction of sp³-hybridized carbons (Fsp3) is 0.625. The molecule has 1 aromatic carbocycles. The molecule has 0 unspecified atom stereocenters. The number of hydrogen-bond donors (Lipinski definition) is 1. The van der Waals surface area contributed by atoms with Gasteiger partial charge in [-0.25, -0.2) is 0 Å². The lowest BCUT2D eigenvalue weighted by Crippen LogP contribution is -2.17. The second kappa shape index (κ2) is 9.94. The van der Waals surface area contributed by atoms with Crippen LogP contribution in [0.2, 0.25) is 0 Å². The zero-order valence-corrected chi connectivity index (χ0v) is 16.7. The van der Waals surface area contributed by atoms with Gasteiger partial charge in [-0.1, -0.05) is 82.9 Å². The maximum Gasteiger partial charge on any atom is 0.0682 e. The monoisotopic (exact) mass is 352 g/mol. The fourth-order valence-corrected chi connectivity index (χ4v) is 4.54. The highest BCUT2D eigenvalue weighted by atomic mass is 15.0. The number of nitrogens with zero attached hydrogens (tertiary/aromatic N) is 1. The van der Waals surface area contributed by atoms with Crippen LogP contribution in [0.3, 0.4) is 0 Å². The normalized spacial score (nSPS) is 13.4. The molecule has 0 saturated heterocycles. The Morgan fingerprint density at radius 3 is 2.23 bits per heavy atom. The van der Waals surface area contributed by atoms with E-state index in [-0.39, 0.29) is 0 Å². The Balaban J connectivity index is 1.51. The Bertz CT molecular complexity index is 757. The second-order valence-electron chi connectivity index (χ2n) is 8.00. The highest BCUT2D eigenvalue weighted by Gasteiger charge is 2.18. The van der Waals surface area contributed by atoms with E-state index >= 15 is 0 Å². The molecule has 1 aliphatic rings. The number of pyridine rings is 1. The van der Waals surface area contributed by atoms with Crippen LogP contribution in [0, 0.1) is 5.41 Å². The van der Waals surface area contributed by atoms with E-state index in [9.17, 15) is 0 Å². The van der Waals surface area contributed by atoms with E-state index in [1.54, 1.807) is 0 Å². The summed E-state index contributed by atoms with van der Waals surface area (Å²) in [5, 5.41) is 10.5. The minimum Gasteiger partial charge on any atom is -0.344 e. The molecule has 142 valence electrons. The van der Waals surface area contributed by atoms with Crippen molar-refractivity contribution in [3.8, 4) is 0 Å². The number of aryl methyl sites for hydroxylation is 1. The summed E-state index contributed by atoms with van der Waals surface area (Å²) in [5.74, 6) is 0. The third kappa shape index (κ3) is 4.58. The first-order valence-corrected chi connectivity index (χ1v) is 11.0. The van der Waals surface area contributed by atoms with Crippen molar-refractivity contribution in [2.75, 3.05) is 0 Å². The summed E-state index contributed by atoms with van der Waals surface area (Å²) >= 11 is 0. The van der Waals surface area contributed by atoms with E-state index in [1.165, 1.54) is 87.4 Å². The number of aromatic nitrogens is 1. The van der Waals surface area contributed by atoms with Crippen LogP contribution in [0.25, 0.3) is 10.9 Å². The molecule has 2 nitrogen and oxygen atoms in total. The molecule has 26 heavy (non-hydrogen) atoms. The van der Waals surface area contributed by atoms with Crippen LogP contribution in [0.1, 0.15) is 88.8 Å². The van der Waals surface area contributed by atoms with E-state index in [2.05, 4.69) is 35.8 Å². The van der Waals surface area contributed by atoms with Gasteiger partial charge in [0.15, 0.2) is 0 Å². The maximum absolute atomic E-state index is 8.55. The molecule has 1 N–H and O–H groups in total. The molecule has 0 spiro atoms. The molecule has 0 saturated carbocycles. The predicted octanol–water partition coefficient (Wildman–Crippen LogP) is 6.53. The number of unbranched alkanes of at least 4 members (excludes halogenated alkanes) is 9. The molecule has 3 rings (SSSR count). The molecule has 2 aromatic rings. The summed E-state index contributed by atoms with van der Waals surface area (Å²) in [6, 6.07) is 8.54. The number of rotatable bonds is 11. The minimum atomic E-state index is 0.785. The fourth-order valence-electron chi connectivity index (χ4n) is 4.54. The molecule has 1 aromatic heterocycles. The Kier molecular flexibility index (Phi) is 7.34. The first-order valence-electron chi connectivity index (χ1n) is 11.0. The number of para-hydroxylation sites is 1. The molecule has 2 heteroatoms. The third-order valence-corrected chi connectivity index (χ3v) is 6.02. The van der Waals surface area contributed by atoms with Gasteiger partial charge in [0.25, 0.3) is 0 Å². The van der Waals surface area contributed by atoms with Gasteiger partial charge in [-0.3, -0.25) is 5.41 Å². The lowest BCUT2D eigenvalue weighted by atomic mass is 10.1. The SMILES string of the molecule is CCCCCCCCCCCCn1c2c(c(=N)c3ccccc31)CCC2. The van der Waals surface area contributed by atoms with Crippen molar-refractivity contribution in [1.82, 2.24) is 4.57 Å². The molecule has 0 amide bonds. The molecule has 1 heterocycles. The van der Waals surface area contributed by atoms with Crippen molar-refractivity contribution in [1.29, 1.82) is 5.41 Å². The number of benzene rings is 1. The molecule has 1 aliphatic carbocycles.